The molecular weight excluding hydrogens is 280 g/mol. The summed E-state index contributed by atoms with van der Waals surface area (Å²) < 4.78 is 0. The lowest BCUT2D eigenvalue weighted by molar-refractivity contribution is 0.0767. The van der Waals surface area contributed by atoms with Crippen LogP contribution in [0.3, 0.4) is 0 Å². The van der Waals surface area contributed by atoms with Crippen LogP contribution in [-0.2, 0) is 0 Å². The highest BCUT2D eigenvalue weighted by atomic mass is 32.1. The molecule has 1 aromatic carbocycles. The van der Waals surface area contributed by atoms with Crippen LogP contribution in [0.5, 0.6) is 0 Å². The van der Waals surface area contributed by atoms with Gasteiger partial charge in [-0.3, -0.25) is 4.79 Å². The van der Waals surface area contributed by atoms with E-state index in [0.717, 1.165) is 38.2 Å². The lowest BCUT2D eigenvalue weighted by atomic mass is 10.2. The van der Waals surface area contributed by atoms with Gasteiger partial charge in [0.25, 0.3) is 5.91 Å². The predicted octanol–water partition coefficient (Wildman–Crippen LogP) is 3.41. The van der Waals surface area contributed by atoms with E-state index in [1.54, 1.807) is 11.3 Å². The average Bonchev–Trinajstić information content (AvgIpc) is 2.92. The van der Waals surface area contributed by atoms with Gasteiger partial charge in [0.05, 0.1) is 5.56 Å². The fourth-order valence-electron chi connectivity index (χ4n) is 2.85. The van der Waals surface area contributed by atoms with Gasteiger partial charge in [-0.25, -0.2) is 0 Å². The highest BCUT2D eigenvalue weighted by Crippen LogP contribution is 2.21. The third-order valence-electron chi connectivity index (χ3n) is 4.01. The summed E-state index contributed by atoms with van der Waals surface area (Å²) in [5.41, 5.74) is 3.42. The molecule has 1 fully saturated rings. The summed E-state index contributed by atoms with van der Waals surface area (Å²) in [6.45, 7) is 5.70. The maximum atomic E-state index is 12.4. The van der Waals surface area contributed by atoms with Crippen molar-refractivity contribution in [2.24, 2.45) is 0 Å². The summed E-state index contributed by atoms with van der Waals surface area (Å²) in [6.07, 6.45) is 1.02. The number of benzene rings is 1. The second-order valence-corrected chi connectivity index (χ2v) is 6.21. The Morgan fingerprint density at radius 2 is 1.95 bits per heavy atom. The topological polar surface area (TPSA) is 23.6 Å². The van der Waals surface area contributed by atoms with Gasteiger partial charge in [0.1, 0.15) is 0 Å². The first-order chi connectivity index (χ1) is 10.3. The number of carbonyl (C=O) groups excluding carboxylic acids is 1. The molecule has 0 bridgehead atoms. The number of para-hydroxylation sites is 1. The maximum absolute atomic E-state index is 12.4. The standard InChI is InChI=1S/C17H20N2OS/c1-14-5-2-3-6-16(14)18-8-4-9-19(11-10-18)17(20)15-7-12-21-13-15/h2-3,5-7,12-13H,4,8-11H2,1H3. The van der Waals surface area contributed by atoms with Crippen molar-refractivity contribution in [1.29, 1.82) is 0 Å². The minimum absolute atomic E-state index is 0.169. The normalized spacial score (nSPS) is 15.9. The molecule has 2 aromatic rings. The number of rotatable bonds is 2. The van der Waals surface area contributed by atoms with Crippen molar-refractivity contribution < 1.29 is 4.79 Å². The predicted molar refractivity (Wildman–Crippen MR) is 88.2 cm³/mol. The van der Waals surface area contributed by atoms with E-state index in [0.29, 0.717) is 0 Å². The van der Waals surface area contributed by atoms with Crippen molar-refractivity contribution in [3.05, 3.63) is 52.2 Å². The average molecular weight is 300 g/mol. The second kappa shape index (κ2) is 6.31. The van der Waals surface area contributed by atoms with Gasteiger partial charge < -0.3 is 9.80 Å². The molecule has 21 heavy (non-hydrogen) atoms. The Hall–Kier alpha value is -1.81. The van der Waals surface area contributed by atoms with Crippen LogP contribution in [0.4, 0.5) is 5.69 Å². The van der Waals surface area contributed by atoms with Crippen molar-refractivity contribution in [3.8, 4) is 0 Å². The molecule has 3 nitrogen and oxygen atoms in total. The fourth-order valence-corrected chi connectivity index (χ4v) is 3.48. The minimum atomic E-state index is 0.169. The van der Waals surface area contributed by atoms with E-state index in [4.69, 9.17) is 0 Å². The van der Waals surface area contributed by atoms with E-state index in [1.165, 1.54) is 11.3 Å². The third-order valence-corrected chi connectivity index (χ3v) is 4.69. The molecule has 0 atom stereocenters. The lowest BCUT2D eigenvalue weighted by Crippen LogP contribution is -2.35. The summed E-state index contributed by atoms with van der Waals surface area (Å²) in [6, 6.07) is 10.4. The van der Waals surface area contributed by atoms with Crippen LogP contribution in [0.25, 0.3) is 0 Å². The molecule has 1 aromatic heterocycles. The maximum Gasteiger partial charge on any atom is 0.254 e. The molecule has 4 heteroatoms. The molecule has 1 saturated heterocycles. The summed E-state index contributed by atoms with van der Waals surface area (Å²) in [5.74, 6) is 0.169. The number of amides is 1. The number of anilines is 1. The highest BCUT2D eigenvalue weighted by Gasteiger charge is 2.21. The molecule has 0 aliphatic carbocycles. The molecule has 0 saturated carbocycles. The Labute approximate surface area is 129 Å². The Balaban J connectivity index is 1.70. The zero-order chi connectivity index (χ0) is 14.7. The van der Waals surface area contributed by atoms with E-state index in [2.05, 4.69) is 36.1 Å². The minimum Gasteiger partial charge on any atom is -0.369 e. The van der Waals surface area contributed by atoms with Gasteiger partial charge in [-0.1, -0.05) is 18.2 Å². The zero-order valence-corrected chi connectivity index (χ0v) is 13.1. The molecular formula is C17H20N2OS. The summed E-state index contributed by atoms with van der Waals surface area (Å²) in [5, 5.41) is 3.90. The first kappa shape index (κ1) is 14.1. The van der Waals surface area contributed by atoms with Crippen LogP contribution < -0.4 is 4.90 Å². The van der Waals surface area contributed by atoms with Gasteiger partial charge in [-0.15, -0.1) is 0 Å². The monoisotopic (exact) mass is 300 g/mol. The van der Waals surface area contributed by atoms with Crippen molar-refractivity contribution in [3.63, 3.8) is 0 Å². The number of thiophene rings is 1. The van der Waals surface area contributed by atoms with E-state index < -0.39 is 0 Å². The molecule has 0 N–H and O–H groups in total. The molecule has 1 aliphatic rings. The van der Waals surface area contributed by atoms with Crippen LogP contribution in [0.1, 0.15) is 22.3 Å². The van der Waals surface area contributed by atoms with Crippen LogP contribution in [0, 0.1) is 6.92 Å². The van der Waals surface area contributed by atoms with Crippen molar-refractivity contribution in [1.82, 2.24) is 4.90 Å². The molecule has 110 valence electrons. The molecule has 0 radical (unpaired) electrons. The van der Waals surface area contributed by atoms with Crippen LogP contribution in [-0.4, -0.2) is 37.0 Å². The van der Waals surface area contributed by atoms with Gasteiger partial charge in [-0.05, 0) is 36.4 Å². The quantitative estimate of drug-likeness (QED) is 0.848. The van der Waals surface area contributed by atoms with Gasteiger partial charge in [0.15, 0.2) is 0 Å². The number of hydrogen-bond acceptors (Lipinski definition) is 3. The van der Waals surface area contributed by atoms with Gasteiger partial charge in [-0.2, -0.15) is 11.3 Å². The lowest BCUT2D eigenvalue weighted by Gasteiger charge is -2.25. The van der Waals surface area contributed by atoms with Gasteiger partial charge >= 0.3 is 0 Å². The van der Waals surface area contributed by atoms with Gasteiger partial charge in [0.2, 0.25) is 0 Å². The first-order valence-electron chi connectivity index (χ1n) is 7.38. The fraction of sp³-hybridized carbons (Fsp3) is 0.353. The zero-order valence-electron chi connectivity index (χ0n) is 12.3. The molecule has 1 aliphatic heterocycles. The highest BCUT2D eigenvalue weighted by molar-refractivity contribution is 7.08. The number of hydrogen-bond donors (Lipinski definition) is 0. The summed E-state index contributed by atoms with van der Waals surface area (Å²) in [7, 11) is 0. The Bertz CT molecular complexity index is 609. The largest absolute Gasteiger partial charge is 0.369 e. The van der Waals surface area contributed by atoms with E-state index >= 15 is 0 Å². The Morgan fingerprint density at radius 3 is 2.71 bits per heavy atom. The molecule has 1 amide bonds. The van der Waals surface area contributed by atoms with Crippen molar-refractivity contribution in [2.45, 2.75) is 13.3 Å². The van der Waals surface area contributed by atoms with Crippen molar-refractivity contribution >= 4 is 22.9 Å². The van der Waals surface area contributed by atoms with Crippen LogP contribution >= 0.6 is 11.3 Å². The smallest absolute Gasteiger partial charge is 0.254 e. The van der Waals surface area contributed by atoms with E-state index in [-0.39, 0.29) is 5.91 Å². The van der Waals surface area contributed by atoms with Gasteiger partial charge in [0, 0.05) is 37.2 Å². The molecule has 0 spiro atoms. The van der Waals surface area contributed by atoms with Crippen LogP contribution in [0.2, 0.25) is 0 Å². The second-order valence-electron chi connectivity index (χ2n) is 5.43. The SMILES string of the molecule is Cc1ccccc1N1CCCN(C(=O)c2ccsc2)CC1. The van der Waals surface area contributed by atoms with E-state index in [9.17, 15) is 4.79 Å². The van der Waals surface area contributed by atoms with Crippen molar-refractivity contribution in [2.75, 3.05) is 31.1 Å². The number of aryl methyl sites for hydroxylation is 1. The molecule has 0 unspecified atom stereocenters. The third kappa shape index (κ3) is 3.10. The van der Waals surface area contributed by atoms with E-state index in [1.807, 2.05) is 21.7 Å². The number of carbonyl (C=O) groups is 1. The summed E-state index contributed by atoms with van der Waals surface area (Å²) >= 11 is 1.58. The summed E-state index contributed by atoms with van der Waals surface area (Å²) in [4.78, 5) is 16.8. The first-order valence-corrected chi connectivity index (χ1v) is 8.32. The Morgan fingerprint density at radius 1 is 1.10 bits per heavy atom. The molecule has 3 rings (SSSR count). The molecule has 2 heterocycles. The van der Waals surface area contributed by atoms with Crippen LogP contribution in [0.15, 0.2) is 41.1 Å². The number of nitrogens with zero attached hydrogens (tertiary/aromatic N) is 2. The Kier molecular flexibility index (Phi) is 4.25.